The van der Waals surface area contributed by atoms with Gasteiger partial charge in [-0.2, -0.15) is 0 Å². The predicted octanol–water partition coefficient (Wildman–Crippen LogP) is 2.64. The number of thiophene rings is 1. The van der Waals surface area contributed by atoms with Crippen LogP contribution < -0.4 is 4.90 Å². The number of carbonyl (C=O) groups is 1. The quantitative estimate of drug-likeness (QED) is 0.817. The van der Waals surface area contributed by atoms with Gasteiger partial charge in [-0.05, 0) is 50.0 Å². The first-order valence-electron chi connectivity index (χ1n) is 7.55. The number of piperidine rings is 3. The first-order valence-corrected chi connectivity index (χ1v) is 8.37. The van der Waals surface area contributed by atoms with Crippen LogP contribution in [0.15, 0.2) is 18.2 Å². The van der Waals surface area contributed by atoms with Crippen molar-refractivity contribution in [1.29, 1.82) is 0 Å². The highest BCUT2D eigenvalue weighted by molar-refractivity contribution is 7.20. The molecule has 1 unspecified atom stereocenters. The average Bonchev–Trinajstić information content (AvgIpc) is 2.97. The molecule has 2 aromatic heterocycles. The molecule has 3 aliphatic heterocycles. The molecule has 0 radical (unpaired) electrons. The molecule has 5 heteroatoms. The van der Waals surface area contributed by atoms with Crippen LogP contribution in [0.3, 0.4) is 0 Å². The van der Waals surface area contributed by atoms with Crippen LogP contribution in [-0.4, -0.2) is 48.9 Å². The third kappa shape index (κ3) is 2.24. The summed E-state index contributed by atoms with van der Waals surface area (Å²) in [6.45, 7) is 3.68. The number of rotatable bonds is 3. The lowest BCUT2D eigenvalue weighted by Crippen LogP contribution is -2.56. The molecular formula is C16H19N3OS. The summed E-state index contributed by atoms with van der Waals surface area (Å²) in [7, 11) is 2.16. The lowest BCUT2D eigenvalue weighted by atomic mass is 9.83. The number of fused-ring (bicyclic) bond motifs is 4. The summed E-state index contributed by atoms with van der Waals surface area (Å²) in [4.78, 5) is 22.3. The van der Waals surface area contributed by atoms with Crippen molar-refractivity contribution in [3.63, 3.8) is 0 Å². The maximum absolute atomic E-state index is 10.9. The molecule has 0 aliphatic carbocycles. The van der Waals surface area contributed by atoms with E-state index in [4.69, 9.17) is 4.98 Å². The van der Waals surface area contributed by atoms with Gasteiger partial charge in [-0.25, -0.2) is 4.98 Å². The zero-order chi connectivity index (χ0) is 14.4. The number of aldehydes is 1. The molecule has 0 N–H and O–H groups in total. The van der Waals surface area contributed by atoms with E-state index in [1.165, 1.54) is 37.3 Å². The third-order valence-corrected chi connectivity index (χ3v) is 5.95. The Hall–Kier alpha value is -1.46. The van der Waals surface area contributed by atoms with Gasteiger partial charge in [0.1, 0.15) is 10.6 Å². The number of hydrogen-bond acceptors (Lipinski definition) is 5. The fourth-order valence-electron chi connectivity index (χ4n) is 3.72. The number of pyridine rings is 1. The molecule has 4 nitrogen and oxygen atoms in total. The third-order valence-electron chi connectivity index (χ3n) is 4.98. The average molecular weight is 301 g/mol. The number of aromatic nitrogens is 1. The molecule has 0 amide bonds. The number of carbonyl (C=O) groups excluding carboxylic acids is 1. The minimum absolute atomic E-state index is 0.572. The number of nitrogens with zero attached hydrogens (tertiary/aromatic N) is 3. The first-order chi connectivity index (χ1) is 10.2. The van der Waals surface area contributed by atoms with E-state index in [1.54, 1.807) is 0 Å². The molecule has 5 rings (SSSR count). The molecule has 1 atom stereocenters. The van der Waals surface area contributed by atoms with Gasteiger partial charge in [-0.15, -0.1) is 11.3 Å². The second-order valence-corrected chi connectivity index (χ2v) is 7.21. The van der Waals surface area contributed by atoms with E-state index in [2.05, 4.69) is 29.0 Å². The molecule has 3 aliphatic rings. The summed E-state index contributed by atoms with van der Waals surface area (Å²) < 4.78 is 0. The van der Waals surface area contributed by atoms with Gasteiger partial charge >= 0.3 is 0 Å². The van der Waals surface area contributed by atoms with Crippen LogP contribution >= 0.6 is 11.3 Å². The zero-order valence-corrected chi connectivity index (χ0v) is 13.0. The Morgan fingerprint density at radius 1 is 1.38 bits per heavy atom. The molecule has 0 spiro atoms. The molecule has 2 bridgehead atoms. The minimum Gasteiger partial charge on any atom is -0.355 e. The Labute approximate surface area is 128 Å². The lowest BCUT2D eigenvalue weighted by Gasteiger charge is -2.48. The van der Waals surface area contributed by atoms with Crippen molar-refractivity contribution in [1.82, 2.24) is 9.88 Å². The van der Waals surface area contributed by atoms with E-state index < -0.39 is 0 Å². The van der Waals surface area contributed by atoms with Gasteiger partial charge in [0.05, 0.1) is 4.88 Å². The highest BCUT2D eigenvalue weighted by Crippen LogP contribution is 2.33. The normalized spacial score (nSPS) is 28.0. The fraction of sp³-hybridized carbons (Fsp3) is 0.500. The van der Waals surface area contributed by atoms with E-state index >= 15 is 0 Å². The molecule has 21 heavy (non-hydrogen) atoms. The van der Waals surface area contributed by atoms with Crippen molar-refractivity contribution in [2.75, 3.05) is 31.6 Å². The topological polar surface area (TPSA) is 36.4 Å². The molecule has 0 aromatic carbocycles. The highest BCUT2D eigenvalue weighted by atomic mass is 32.1. The summed E-state index contributed by atoms with van der Waals surface area (Å²) in [6.07, 6.45) is 3.53. The maximum Gasteiger partial charge on any atom is 0.160 e. The van der Waals surface area contributed by atoms with Gasteiger partial charge in [-0.1, -0.05) is 0 Å². The Balaban J connectivity index is 1.64. The molecule has 2 aromatic rings. The first kappa shape index (κ1) is 13.2. The van der Waals surface area contributed by atoms with Crippen molar-refractivity contribution in [3.05, 3.63) is 23.1 Å². The Morgan fingerprint density at radius 3 is 2.86 bits per heavy atom. The summed E-state index contributed by atoms with van der Waals surface area (Å²) in [5, 5.41) is 1.06. The number of likely N-dealkylation sites (N-methyl/N-ethyl adjacent to an activating group) is 1. The van der Waals surface area contributed by atoms with Gasteiger partial charge < -0.3 is 9.80 Å². The van der Waals surface area contributed by atoms with Crippen LogP contribution in [0, 0.1) is 5.92 Å². The lowest BCUT2D eigenvalue weighted by molar-refractivity contribution is 0.0871. The van der Waals surface area contributed by atoms with Crippen LogP contribution in [0.2, 0.25) is 0 Å². The molecular weight excluding hydrogens is 282 g/mol. The van der Waals surface area contributed by atoms with Crippen LogP contribution in [0.25, 0.3) is 10.2 Å². The summed E-state index contributed by atoms with van der Waals surface area (Å²) in [5.74, 6) is 1.83. The molecule has 5 heterocycles. The van der Waals surface area contributed by atoms with E-state index in [0.717, 1.165) is 39.7 Å². The van der Waals surface area contributed by atoms with Crippen molar-refractivity contribution >= 4 is 33.7 Å². The van der Waals surface area contributed by atoms with Crippen LogP contribution in [0.1, 0.15) is 22.5 Å². The van der Waals surface area contributed by atoms with Crippen molar-refractivity contribution in [2.24, 2.45) is 5.92 Å². The highest BCUT2D eigenvalue weighted by Gasteiger charge is 2.36. The van der Waals surface area contributed by atoms with Gasteiger partial charge in [-0.3, -0.25) is 4.79 Å². The maximum atomic E-state index is 10.9. The Bertz CT molecular complexity index is 675. The summed E-state index contributed by atoms with van der Waals surface area (Å²) >= 11 is 1.47. The van der Waals surface area contributed by atoms with Crippen LogP contribution in [0.4, 0.5) is 5.82 Å². The standard InChI is InChI=1S/C16H19N3OS/c1-18(14-9-19-6-4-11(14)5-7-19)15-3-2-12-8-13(10-20)21-16(12)17-15/h2-3,8,10-11,14H,4-7,9H2,1H3. The largest absolute Gasteiger partial charge is 0.355 e. The van der Waals surface area contributed by atoms with Crippen molar-refractivity contribution in [2.45, 2.75) is 18.9 Å². The number of anilines is 1. The SMILES string of the molecule is CN(c1ccc2cc(C=O)sc2n1)C1CN2CCC1CC2. The second-order valence-electron chi connectivity index (χ2n) is 6.15. The van der Waals surface area contributed by atoms with Crippen molar-refractivity contribution in [3.8, 4) is 0 Å². The Kier molecular flexibility index (Phi) is 3.19. The van der Waals surface area contributed by atoms with Gasteiger partial charge in [0.2, 0.25) is 0 Å². The summed E-state index contributed by atoms with van der Waals surface area (Å²) in [5.41, 5.74) is 0. The van der Waals surface area contributed by atoms with Crippen LogP contribution in [-0.2, 0) is 0 Å². The monoisotopic (exact) mass is 301 g/mol. The van der Waals surface area contributed by atoms with Gasteiger partial charge in [0.15, 0.2) is 6.29 Å². The van der Waals surface area contributed by atoms with E-state index in [9.17, 15) is 4.79 Å². The number of hydrogen-bond donors (Lipinski definition) is 0. The molecule has 0 saturated carbocycles. The van der Waals surface area contributed by atoms with Gasteiger partial charge in [0.25, 0.3) is 0 Å². The van der Waals surface area contributed by atoms with Crippen LogP contribution in [0.5, 0.6) is 0 Å². The zero-order valence-electron chi connectivity index (χ0n) is 12.2. The predicted molar refractivity (Wildman–Crippen MR) is 86.4 cm³/mol. The van der Waals surface area contributed by atoms with E-state index in [0.29, 0.717) is 6.04 Å². The second kappa shape index (κ2) is 5.07. The van der Waals surface area contributed by atoms with Gasteiger partial charge in [0, 0.05) is 25.0 Å². The Morgan fingerprint density at radius 2 is 2.19 bits per heavy atom. The smallest absolute Gasteiger partial charge is 0.160 e. The van der Waals surface area contributed by atoms with Crippen molar-refractivity contribution < 1.29 is 4.79 Å². The van der Waals surface area contributed by atoms with E-state index in [1.807, 2.05) is 6.07 Å². The molecule has 3 fully saturated rings. The molecule has 3 saturated heterocycles. The summed E-state index contributed by atoms with van der Waals surface area (Å²) in [6, 6.07) is 6.65. The van der Waals surface area contributed by atoms with E-state index in [-0.39, 0.29) is 0 Å². The fourth-order valence-corrected chi connectivity index (χ4v) is 4.57. The molecule has 110 valence electrons. The minimum atomic E-state index is 0.572.